The first-order valence-corrected chi connectivity index (χ1v) is 11.2. The van der Waals surface area contributed by atoms with E-state index in [0.29, 0.717) is 22.0 Å². The van der Waals surface area contributed by atoms with Crippen LogP contribution in [0.2, 0.25) is 0 Å². The minimum Gasteiger partial charge on any atom is -0.336 e. The van der Waals surface area contributed by atoms with Crippen LogP contribution >= 0.6 is 11.3 Å². The van der Waals surface area contributed by atoms with Gasteiger partial charge >= 0.3 is 0 Å². The van der Waals surface area contributed by atoms with E-state index >= 15 is 0 Å². The molecule has 7 heteroatoms. The van der Waals surface area contributed by atoms with E-state index in [1.165, 1.54) is 34.5 Å². The van der Waals surface area contributed by atoms with Crippen molar-refractivity contribution in [1.82, 2.24) is 9.88 Å². The molecule has 0 spiro atoms. The number of rotatable bonds is 3. The first kappa shape index (κ1) is 19.9. The first-order valence-electron chi connectivity index (χ1n) is 10.4. The maximum Gasteiger partial charge on any atom is 0.257 e. The molecule has 1 saturated heterocycles. The molecular formula is C22H27N3O3S. The van der Waals surface area contributed by atoms with Gasteiger partial charge in [-0.2, -0.15) is 0 Å². The van der Waals surface area contributed by atoms with Gasteiger partial charge in [0.1, 0.15) is 5.00 Å². The van der Waals surface area contributed by atoms with Gasteiger partial charge in [-0.25, -0.2) is 0 Å². The van der Waals surface area contributed by atoms with E-state index in [1.807, 2.05) is 4.90 Å². The number of hydrogen-bond donors (Lipinski definition) is 2. The van der Waals surface area contributed by atoms with Crippen molar-refractivity contribution in [3.05, 3.63) is 50.3 Å². The first-order chi connectivity index (χ1) is 13.9. The number of hydrogen-bond acceptors (Lipinski definition) is 4. The highest BCUT2D eigenvalue weighted by Crippen LogP contribution is 2.40. The Morgan fingerprint density at radius 1 is 1.21 bits per heavy atom. The second-order valence-corrected chi connectivity index (χ2v) is 9.39. The third kappa shape index (κ3) is 4.01. The molecular weight excluding hydrogens is 386 g/mol. The van der Waals surface area contributed by atoms with Crippen LogP contribution in [0.4, 0.5) is 5.00 Å². The van der Waals surface area contributed by atoms with Crippen LogP contribution < -0.4 is 10.9 Å². The minimum absolute atomic E-state index is 0.0422. The SMILES string of the molecule is C[C@@H]1CCN(C(=O)c2c(NC(=O)c3ccc(=O)[nH]c3)sc3c2CCCC3)[C@H](C)C1. The third-order valence-electron chi connectivity index (χ3n) is 6.06. The van der Waals surface area contributed by atoms with E-state index in [0.717, 1.165) is 50.6 Å². The van der Waals surface area contributed by atoms with Gasteiger partial charge in [0.2, 0.25) is 5.56 Å². The fraction of sp³-hybridized carbons (Fsp3) is 0.500. The van der Waals surface area contributed by atoms with Crippen molar-refractivity contribution < 1.29 is 9.59 Å². The Labute approximate surface area is 174 Å². The quantitative estimate of drug-likeness (QED) is 0.802. The molecule has 0 unspecified atom stereocenters. The minimum atomic E-state index is -0.311. The summed E-state index contributed by atoms with van der Waals surface area (Å²) in [6.45, 7) is 5.12. The summed E-state index contributed by atoms with van der Waals surface area (Å²) in [6, 6.07) is 3.03. The Morgan fingerprint density at radius 3 is 2.72 bits per heavy atom. The highest BCUT2D eigenvalue weighted by atomic mass is 32.1. The maximum absolute atomic E-state index is 13.6. The Morgan fingerprint density at radius 2 is 2.00 bits per heavy atom. The van der Waals surface area contributed by atoms with E-state index in [9.17, 15) is 14.4 Å². The van der Waals surface area contributed by atoms with Gasteiger partial charge in [0.05, 0.1) is 11.1 Å². The van der Waals surface area contributed by atoms with Crippen LogP contribution in [0.1, 0.15) is 70.7 Å². The summed E-state index contributed by atoms with van der Waals surface area (Å²) < 4.78 is 0. The van der Waals surface area contributed by atoms with Gasteiger partial charge in [-0.05, 0) is 63.0 Å². The molecule has 29 heavy (non-hydrogen) atoms. The molecule has 154 valence electrons. The zero-order chi connectivity index (χ0) is 20.5. The molecule has 2 atom stereocenters. The van der Waals surface area contributed by atoms with E-state index in [4.69, 9.17) is 0 Å². The lowest BCUT2D eigenvalue weighted by molar-refractivity contribution is 0.0589. The lowest BCUT2D eigenvalue weighted by Gasteiger charge is -2.37. The Kier molecular flexibility index (Phi) is 5.58. The van der Waals surface area contributed by atoms with Crippen LogP contribution in [-0.4, -0.2) is 34.3 Å². The number of amides is 2. The summed E-state index contributed by atoms with van der Waals surface area (Å²) in [6.07, 6.45) is 7.47. The number of carbonyl (C=O) groups is 2. The average molecular weight is 414 g/mol. The number of nitrogens with zero attached hydrogens (tertiary/aromatic N) is 1. The predicted molar refractivity (Wildman–Crippen MR) is 115 cm³/mol. The zero-order valence-electron chi connectivity index (χ0n) is 16.9. The van der Waals surface area contributed by atoms with Crippen LogP contribution in [0, 0.1) is 5.92 Å². The van der Waals surface area contributed by atoms with Crippen LogP contribution in [0.5, 0.6) is 0 Å². The number of thiophene rings is 1. The standard InChI is InChI=1S/C22H27N3O3S/c1-13-9-10-25(14(2)11-13)22(28)19-16-5-3-4-6-17(16)29-21(19)24-20(27)15-7-8-18(26)23-12-15/h7-8,12-14H,3-6,9-11H2,1-2H3,(H,23,26)(H,24,27)/t13-,14-/m1/s1. The Bertz CT molecular complexity index is 973. The Balaban J connectivity index is 1.66. The van der Waals surface area contributed by atoms with Crippen LogP contribution in [0.3, 0.4) is 0 Å². The molecule has 2 aromatic rings. The lowest BCUT2D eigenvalue weighted by atomic mass is 9.91. The monoisotopic (exact) mass is 413 g/mol. The second-order valence-electron chi connectivity index (χ2n) is 8.29. The summed E-state index contributed by atoms with van der Waals surface area (Å²) >= 11 is 1.53. The van der Waals surface area contributed by atoms with Gasteiger partial charge in [0.25, 0.3) is 11.8 Å². The van der Waals surface area contributed by atoms with E-state index in [-0.39, 0.29) is 23.4 Å². The molecule has 6 nitrogen and oxygen atoms in total. The van der Waals surface area contributed by atoms with Crippen molar-refractivity contribution >= 4 is 28.2 Å². The lowest BCUT2D eigenvalue weighted by Crippen LogP contribution is -2.44. The zero-order valence-corrected chi connectivity index (χ0v) is 17.7. The normalized spacial score (nSPS) is 21.5. The molecule has 1 aliphatic heterocycles. The summed E-state index contributed by atoms with van der Waals surface area (Å²) in [5.74, 6) is 0.361. The molecule has 0 bridgehead atoms. The molecule has 2 N–H and O–H groups in total. The van der Waals surface area contributed by atoms with Gasteiger partial charge in [0, 0.05) is 29.7 Å². The number of carbonyl (C=O) groups excluding carboxylic acids is 2. The topological polar surface area (TPSA) is 82.3 Å². The van der Waals surface area contributed by atoms with Crippen molar-refractivity contribution in [3.63, 3.8) is 0 Å². The molecule has 2 aliphatic rings. The second kappa shape index (κ2) is 8.14. The number of H-pyrrole nitrogens is 1. The number of likely N-dealkylation sites (tertiary alicyclic amines) is 1. The molecule has 0 aromatic carbocycles. The fourth-order valence-corrected chi connectivity index (χ4v) is 5.74. The van der Waals surface area contributed by atoms with E-state index in [2.05, 4.69) is 24.1 Å². The van der Waals surface area contributed by atoms with Gasteiger partial charge in [-0.15, -0.1) is 11.3 Å². The summed E-state index contributed by atoms with van der Waals surface area (Å²) in [5.41, 5.74) is 1.92. The molecule has 4 rings (SSSR count). The highest BCUT2D eigenvalue weighted by molar-refractivity contribution is 7.17. The number of fused-ring (bicyclic) bond motifs is 1. The molecule has 1 fully saturated rings. The highest BCUT2D eigenvalue weighted by Gasteiger charge is 2.33. The van der Waals surface area contributed by atoms with Crippen molar-refractivity contribution in [2.75, 3.05) is 11.9 Å². The number of piperidine rings is 1. The molecule has 1 aliphatic carbocycles. The molecule has 3 heterocycles. The Hall–Kier alpha value is -2.41. The maximum atomic E-state index is 13.6. The molecule has 2 aromatic heterocycles. The van der Waals surface area contributed by atoms with Crippen LogP contribution in [-0.2, 0) is 12.8 Å². The van der Waals surface area contributed by atoms with E-state index in [1.54, 1.807) is 0 Å². The van der Waals surface area contributed by atoms with Gasteiger partial charge < -0.3 is 15.2 Å². The summed E-state index contributed by atoms with van der Waals surface area (Å²) in [7, 11) is 0. The summed E-state index contributed by atoms with van der Waals surface area (Å²) in [4.78, 5) is 43.3. The number of aryl methyl sites for hydroxylation is 1. The fourth-order valence-electron chi connectivity index (χ4n) is 4.46. The number of nitrogens with one attached hydrogen (secondary N) is 2. The molecule has 0 saturated carbocycles. The summed E-state index contributed by atoms with van der Waals surface area (Å²) in [5, 5.41) is 3.60. The van der Waals surface area contributed by atoms with E-state index < -0.39 is 0 Å². The number of anilines is 1. The van der Waals surface area contributed by atoms with Crippen molar-refractivity contribution in [3.8, 4) is 0 Å². The largest absolute Gasteiger partial charge is 0.336 e. The van der Waals surface area contributed by atoms with Gasteiger partial charge in [-0.1, -0.05) is 6.92 Å². The van der Waals surface area contributed by atoms with Gasteiger partial charge in [-0.3, -0.25) is 14.4 Å². The number of aromatic amines is 1. The van der Waals surface area contributed by atoms with Crippen molar-refractivity contribution in [2.24, 2.45) is 5.92 Å². The predicted octanol–water partition coefficient (Wildman–Crippen LogP) is 3.83. The van der Waals surface area contributed by atoms with Crippen LogP contribution in [0.25, 0.3) is 0 Å². The number of pyridine rings is 1. The van der Waals surface area contributed by atoms with Crippen LogP contribution in [0.15, 0.2) is 23.1 Å². The third-order valence-corrected chi connectivity index (χ3v) is 7.27. The molecule has 0 radical (unpaired) electrons. The smallest absolute Gasteiger partial charge is 0.257 e. The number of aromatic nitrogens is 1. The van der Waals surface area contributed by atoms with Crippen molar-refractivity contribution in [1.29, 1.82) is 0 Å². The van der Waals surface area contributed by atoms with Gasteiger partial charge in [0.15, 0.2) is 0 Å². The average Bonchev–Trinajstić information content (AvgIpc) is 3.05. The van der Waals surface area contributed by atoms with Crippen molar-refractivity contribution in [2.45, 2.75) is 58.4 Å². The molecule has 2 amide bonds.